The molecule has 2 amide bonds. The number of hydrogen-bond donors (Lipinski definition) is 2. The molecule has 0 fully saturated rings. The number of fused-ring (bicyclic) bond motifs is 1. The summed E-state index contributed by atoms with van der Waals surface area (Å²) in [7, 11) is 3.21. The molecule has 0 spiro atoms. The quantitative estimate of drug-likeness (QED) is 0.729. The number of urea groups is 1. The average molecular weight is 386 g/mol. The minimum atomic E-state index is -0.182. The molecule has 1 heterocycles. The predicted molar refractivity (Wildman–Crippen MR) is 106 cm³/mol. The first-order chi connectivity index (χ1) is 13.7. The van der Waals surface area contributed by atoms with Gasteiger partial charge in [0.1, 0.15) is 13.2 Å². The monoisotopic (exact) mass is 386 g/mol. The van der Waals surface area contributed by atoms with Crippen molar-refractivity contribution in [2.45, 2.75) is 12.8 Å². The average Bonchev–Trinajstić information content (AvgIpc) is 2.73. The van der Waals surface area contributed by atoms with Crippen LogP contribution >= 0.6 is 0 Å². The third kappa shape index (κ3) is 5.22. The molecule has 2 aromatic carbocycles. The number of hydrogen-bond acceptors (Lipinski definition) is 5. The highest BCUT2D eigenvalue weighted by molar-refractivity contribution is 5.73. The fraction of sp³-hybridized carbons (Fsp3) is 0.381. The number of benzene rings is 2. The molecular weight excluding hydrogens is 360 g/mol. The van der Waals surface area contributed by atoms with Crippen LogP contribution in [0.3, 0.4) is 0 Å². The Hall–Kier alpha value is -3.09. The molecule has 0 saturated carbocycles. The highest BCUT2D eigenvalue weighted by Crippen LogP contribution is 2.30. The standard InChI is InChI=1S/C21H26N2O5/c1-25-17-5-3-15(13-19(17)26-2)7-9-22-21(24)23-10-8-16-4-6-18-20(14-16)28-12-11-27-18/h3-6,13-14H,7-12H2,1-2H3,(H2,22,23,24). The van der Waals surface area contributed by atoms with Crippen LogP contribution in [0.5, 0.6) is 23.0 Å². The van der Waals surface area contributed by atoms with E-state index in [1.54, 1.807) is 14.2 Å². The highest BCUT2D eigenvalue weighted by Gasteiger charge is 2.11. The Labute approximate surface area is 164 Å². The third-order valence-corrected chi connectivity index (χ3v) is 4.45. The van der Waals surface area contributed by atoms with Crippen LogP contribution < -0.4 is 29.6 Å². The van der Waals surface area contributed by atoms with Crippen molar-refractivity contribution < 1.29 is 23.7 Å². The second kappa shape index (κ2) is 9.73. The summed E-state index contributed by atoms with van der Waals surface area (Å²) < 4.78 is 21.6. The van der Waals surface area contributed by atoms with Crippen LogP contribution in [-0.4, -0.2) is 46.6 Å². The first kappa shape index (κ1) is 19.7. The maximum absolute atomic E-state index is 12.0. The smallest absolute Gasteiger partial charge is 0.314 e. The number of rotatable bonds is 8. The molecule has 3 rings (SSSR count). The lowest BCUT2D eigenvalue weighted by Crippen LogP contribution is -2.37. The zero-order valence-corrected chi connectivity index (χ0v) is 16.2. The van der Waals surface area contributed by atoms with Gasteiger partial charge in [0.15, 0.2) is 23.0 Å². The minimum absolute atomic E-state index is 0.182. The van der Waals surface area contributed by atoms with Crippen molar-refractivity contribution >= 4 is 6.03 Å². The van der Waals surface area contributed by atoms with Crippen molar-refractivity contribution in [3.05, 3.63) is 47.5 Å². The van der Waals surface area contributed by atoms with Gasteiger partial charge in [-0.15, -0.1) is 0 Å². The molecule has 0 unspecified atom stereocenters. The van der Waals surface area contributed by atoms with E-state index in [1.807, 2.05) is 36.4 Å². The Bertz CT molecular complexity index is 762. The van der Waals surface area contributed by atoms with Crippen LogP contribution in [0.4, 0.5) is 4.79 Å². The maximum atomic E-state index is 12.0. The Morgan fingerprint density at radius 1 is 0.857 bits per heavy atom. The van der Waals surface area contributed by atoms with Gasteiger partial charge in [-0.25, -0.2) is 4.79 Å². The SMILES string of the molecule is COc1ccc(CCNC(=O)NCCc2ccc3c(c2)OCCO3)cc1OC. The zero-order valence-electron chi connectivity index (χ0n) is 16.2. The summed E-state index contributed by atoms with van der Waals surface area (Å²) in [6.45, 7) is 2.22. The molecule has 2 aromatic rings. The van der Waals surface area contributed by atoms with Crippen LogP contribution in [0.15, 0.2) is 36.4 Å². The van der Waals surface area contributed by atoms with Crippen molar-refractivity contribution in [2.75, 3.05) is 40.5 Å². The number of carbonyl (C=O) groups is 1. The summed E-state index contributed by atoms with van der Waals surface area (Å²) in [6, 6.07) is 11.4. The molecule has 1 aliphatic heterocycles. The molecule has 0 bridgehead atoms. The van der Waals surface area contributed by atoms with E-state index < -0.39 is 0 Å². The molecule has 0 aromatic heterocycles. The molecule has 7 heteroatoms. The van der Waals surface area contributed by atoms with Crippen LogP contribution in [0.1, 0.15) is 11.1 Å². The number of methoxy groups -OCH3 is 2. The molecule has 150 valence electrons. The van der Waals surface area contributed by atoms with Crippen LogP contribution in [0, 0.1) is 0 Å². The van der Waals surface area contributed by atoms with E-state index in [9.17, 15) is 4.79 Å². The minimum Gasteiger partial charge on any atom is -0.493 e. The van der Waals surface area contributed by atoms with Gasteiger partial charge in [0, 0.05) is 13.1 Å². The van der Waals surface area contributed by atoms with E-state index in [-0.39, 0.29) is 6.03 Å². The molecular formula is C21H26N2O5. The zero-order chi connectivity index (χ0) is 19.8. The molecule has 7 nitrogen and oxygen atoms in total. The molecule has 0 radical (unpaired) electrons. The second-order valence-electron chi connectivity index (χ2n) is 6.35. The largest absolute Gasteiger partial charge is 0.493 e. The Kier molecular flexibility index (Phi) is 6.84. The molecule has 0 atom stereocenters. The van der Waals surface area contributed by atoms with E-state index >= 15 is 0 Å². The molecule has 1 aliphatic rings. The lowest BCUT2D eigenvalue weighted by molar-refractivity contribution is 0.171. The van der Waals surface area contributed by atoms with Crippen LogP contribution in [0.25, 0.3) is 0 Å². The van der Waals surface area contributed by atoms with Crippen LogP contribution in [-0.2, 0) is 12.8 Å². The summed E-state index contributed by atoms with van der Waals surface area (Å²) in [5.41, 5.74) is 2.16. The van der Waals surface area contributed by atoms with Gasteiger partial charge in [-0.05, 0) is 48.2 Å². The van der Waals surface area contributed by atoms with Crippen molar-refractivity contribution in [1.82, 2.24) is 10.6 Å². The van der Waals surface area contributed by atoms with E-state index in [1.165, 1.54) is 0 Å². The van der Waals surface area contributed by atoms with Gasteiger partial charge in [-0.1, -0.05) is 12.1 Å². The van der Waals surface area contributed by atoms with Gasteiger partial charge in [-0.3, -0.25) is 0 Å². The normalized spacial score (nSPS) is 12.2. The number of amides is 2. The van der Waals surface area contributed by atoms with Gasteiger partial charge >= 0.3 is 6.03 Å². The summed E-state index contributed by atoms with van der Waals surface area (Å²) in [4.78, 5) is 12.0. The van der Waals surface area contributed by atoms with Gasteiger partial charge in [-0.2, -0.15) is 0 Å². The lowest BCUT2D eigenvalue weighted by atomic mass is 10.1. The van der Waals surface area contributed by atoms with Gasteiger partial charge in [0.2, 0.25) is 0 Å². The summed E-state index contributed by atoms with van der Waals surface area (Å²) in [5.74, 6) is 2.92. The number of nitrogens with one attached hydrogen (secondary N) is 2. The predicted octanol–water partition coefficient (Wildman–Crippen LogP) is 2.56. The molecule has 28 heavy (non-hydrogen) atoms. The maximum Gasteiger partial charge on any atom is 0.314 e. The van der Waals surface area contributed by atoms with Crippen molar-refractivity contribution in [3.8, 4) is 23.0 Å². The first-order valence-corrected chi connectivity index (χ1v) is 9.30. The first-order valence-electron chi connectivity index (χ1n) is 9.30. The van der Waals surface area contributed by atoms with E-state index in [2.05, 4.69) is 10.6 Å². The molecule has 0 saturated heterocycles. The third-order valence-electron chi connectivity index (χ3n) is 4.45. The summed E-state index contributed by atoms with van der Waals surface area (Å²) >= 11 is 0. The fourth-order valence-electron chi connectivity index (χ4n) is 2.98. The van der Waals surface area contributed by atoms with E-state index in [0.29, 0.717) is 44.2 Å². The van der Waals surface area contributed by atoms with Gasteiger partial charge < -0.3 is 29.6 Å². The topological polar surface area (TPSA) is 78.1 Å². The fourth-order valence-corrected chi connectivity index (χ4v) is 2.98. The van der Waals surface area contributed by atoms with Crippen molar-refractivity contribution in [2.24, 2.45) is 0 Å². The van der Waals surface area contributed by atoms with Gasteiger partial charge in [0.25, 0.3) is 0 Å². The number of carbonyl (C=O) groups excluding carboxylic acids is 1. The van der Waals surface area contributed by atoms with Crippen molar-refractivity contribution in [3.63, 3.8) is 0 Å². The Morgan fingerprint density at radius 3 is 2.14 bits per heavy atom. The number of ether oxygens (including phenoxy) is 4. The summed E-state index contributed by atoms with van der Waals surface area (Å²) in [6.07, 6.45) is 1.43. The van der Waals surface area contributed by atoms with E-state index in [4.69, 9.17) is 18.9 Å². The highest BCUT2D eigenvalue weighted by atomic mass is 16.6. The summed E-state index contributed by atoms with van der Waals surface area (Å²) in [5, 5.41) is 5.74. The van der Waals surface area contributed by atoms with E-state index in [0.717, 1.165) is 29.0 Å². The van der Waals surface area contributed by atoms with Crippen LogP contribution in [0.2, 0.25) is 0 Å². The molecule has 2 N–H and O–H groups in total. The lowest BCUT2D eigenvalue weighted by Gasteiger charge is -2.18. The Balaban J connectivity index is 1.38. The van der Waals surface area contributed by atoms with Gasteiger partial charge in [0.05, 0.1) is 14.2 Å². The second-order valence-corrected chi connectivity index (χ2v) is 6.35. The Morgan fingerprint density at radius 2 is 1.46 bits per heavy atom. The van der Waals surface area contributed by atoms with Crippen molar-refractivity contribution in [1.29, 1.82) is 0 Å². The molecule has 0 aliphatic carbocycles.